The molecule has 0 aliphatic carbocycles. The molecule has 3 rings (SSSR count). The van der Waals surface area contributed by atoms with Crippen LogP contribution in [0.1, 0.15) is 54.4 Å². The van der Waals surface area contributed by atoms with E-state index in [4.69, 9.17) is 9.47 Å². The van der Waals surface area contributed by atoms with Gasteiger partial charge in [-0.1, -0.05) is 13.8 Å². The number of benzene rings is 2. The predicted octanol–water partition coefficient (Wildman–Crippen LogP) is 5.56. The van der Waals surface area contributed by atoms with Crippen LogP contribution >= 0.6 is 0 Å². The summed E-state index contributed by atoms with van der Waals surface area (Å²) >= 11 is 0. The highest BCUT2D eigenvalue weighted by Gasteiger charge is 2.42. The van der Waals surface area contributed by atoms with Crippen LogP contribution in [0, 0.1) is 0 Å². The second kappa shape index (κ2) is 10.2. The van der Waals surface area contributed by atoms with E-state index < -0.39 is 0 Å². The van der Waals surface area contributed by atoms with Gasteiger partial charge in [0.15, 0.2) is 0 Å². The van der Waals surface area contributed by atoms with E-state index in [1.165, 1.54) is 0 Å². The molecular formula is C26H38N2O4. The third-order valence-electron chi connectivity index (χ3n) is 6.52. The van der Waals surface area contributed by atoms with Crippen molar-refractivity contribution in [2.24, 2.45) is 0 Å². The summed E-state index contributed by atoms with van der Waals surface area (Å²) in [5, 5.41) is 20.1. The molecule has 2 aromatic carbocycles. The van der Waals surface area contributed by atoms with E-state index in [1.54, 1.807) is 24.3 Å². The summed E-state index contributed by atoms with van der Waals surface area (Å²) in [6, 6.07) is 11.5. The Hall–Kier alpha value is -2.76. The van der Waals surface area contributed by atoms with Gasteiger partial charge in [-0.25, -0.2) is 0 Å². The molecule has 2 aromatic rings. The number of phenols is 2. The minimum Gasteiger partial charge on any atom is -0.508 e. The first-order valence-corrected chi connectivity index (χ1v) is 11.8. The number of rotatable bonds is 8. The number of phenolic OH excluding ortho intramolecular Hbond substituents is 2. The largest absolute Gasteiger partial charge is 0.508 e. The van der Waals surface area contributed by atoms with Crippen molar-refractivity contribution in [2.45, 2.75) is 78.6 Å². The van der Waals surface area contributed by atoms with Gasteiger partial charge in [0.25, 0.3) is 0 Å². The molecule has 6 heteroatoms. The van der Waals surface area contributed by atoms with E-state index in [2.05, 4.69) is 51.3 Å². The Kier molecular flexibility index (Phi) is 7.64. The average molecular weight is 443 g/mol. The van der Waals surface area contributed by atoms with E-state index in [-0.39, 0.29) is 35.7 Å². The van der Waals surface area contributed by atoms with Crippen LogP contribution in [-0.4, -0.2) is 47.6 Å². The topological polar surface area (TPSA) is 65.4 Å². The highest BCUT2D eigenvalue weighted by atomic mass is 16.5. The van der Waals surface area contributed by atoms with Crippen LogP contribution < -0.4 is 19.3 Å². The van der Waals surface area contributed by atoms with E-state index in [1.807, 2.05) is 12.1 Å². The fraction of sp³-hybridized carbons (Fsp3) is 0.538. The molecule has 1 saturated heterocycles. The van der Waals surface area contributed by atoms with Gasteiger partial charge in [-0.3, -0.25) is 0 Å². The SMILES string of the molecule is CCCOc1cc(O)ccc1N1C(C)C(C)N(c2ccc(O)cc2OCCC)C(C)C1C. The van der Waals surface area contributed by atoms with Crippen LogP contribution in [0.15, 0.2) is 36.4 Å². The lowest BCUT2D eigenvalue weighted by molar-refractivity contribution is 0.298. The highest BCUT2D eigenvalue weighted by Crippen LogP contribution is 2.43. The van der Waals surface area contributed by atoms with E-state index >= 15 is 0 Å². The van der Waals surface area contributed by atoms with Crippen molar-refractivity contribution in [3.05, 3.63) is 36.4 Å². The van der Waals surface area contributed by atoms with Crippen molar-refractivity contribution in [1.29, 1.82) is 0 Å². The van der Waals surface area contributed by atoms with Gasteiger partial charge in [-0.05, 0) is 64.8 Å². The fourth-order valence-corrected chi connectivity index (χ4v) is 4.64. The number of nitrogens with zero attached hydrogens (tertiary/aromatic N) is 2. The summed E-state index contributed by atoms with van der Waals surface area (Å²) in [7, 11) is 0. The van der Waals surface area contributed by atoms with Gasteiger partial charge in [0.05, 0.1) is 24.6 Å². The second-order valence-corrected chi connectivity index (χ2v) is 8.78. The molecule has 32 heavy (non-hydrogen) atoms. The molecule has 0 aromatic heterocycles. The maximum atomic E-state index is 10.0. The van der Waals surface area contributed by atoms with Gasteiger partial charge >= 0.3 is 0 Å². The lowest BCUT2D eigenvalue weighted by Gasteiger charge is -2.55. The predicted molar refractivity (Wildman–Crippen MR) is 131 cm³/mol. The Morgan fingerprint density at radius 1 is 0.656 bits per heavy atom. The molecule has 0 bridgehead atoms. The van der Waals surface area contributed by atoms with Gasteiger partial charge in [0.1, 0.15) is 23.0 Å². The number of aromatic hydroxyl groups is 2. The Balaban J connectivity index is 1.99. The summed E-state index contributed by atoms with van der Waals surface area (Å²) < 4.78 is 12.0. The lowest BCUT2D eigenvalue weighted by atomic mass is 9.92. The van der Waals surface area contributed by atoms with Crippen molar-refractivity contribution < 1.29 is 19.7 Å². The fourth-order valence-electron chi connectivity index (χ4n) is 4.64. The van der Waals surface area contributed by atoms with E-state index in [9.17, 15) is 10.2 Å². The van der Waals surface area contributed by atoms with Gasteiger partial charge in [-0.2, -0.15) is 0 Å². The molecule has 2 N–H and O–H groups in total. The third-order valence-corrected chi connectivity index (χ3v) is 6.52. The van der Waals surface area contributed by atoms with Crippen LogP contribution in [0.2, 0.25) is 0 Å². The van der Waals surface area contributed by atoms with E-state index in [0.29, 0.717) is 13.2 Å². The molecule has 1 fully saturated rings. The van der Waals surface area contributed by atoms with Crippen LogP contribution in [0.25, 0.3) is 0 Å². The Labute approximate surface area is 192 Å². The molecule has 4 atom stereocenters. The molecular weight excluding hydrogens is 404 g/mol. The van der Waals surface area contributed by atoms with Crippen molar-refractivity contribution in [3.63, 3.8) is 0 Å². The molecule has 1 aliphatic rings. The molecule has 4 unspecified atom stereocenters. The molecule has 6 nitrogen and oxygen atoms in total. The molecule has 1 aliphatic heterocycles. The normalized spacial score (nSPS) is 23.3. The summed E-state index contributed by atoms with van der Waals surface area (Å²) in [5.41, 5.74) is 2.01. The van der Waals surface area contributed by atoms with Crippen molar-refractivity contribution in [2.75, 3.05) is 23.0 Å². The van der Waals surface area contributed by atoms with Crippen molar-refractivity contribution in [1.82, 2.24) is 0 Å². The third kappa shape index (κ3) is 4.69. The quantitative estimate of drug-likeness (QED) is 0.558. The zero-order valence-corrected chi connectivity index (χ0v) is 20.2. The van der Waals surface area contributed by atoms with Crippen LogP contribution in [0.3, 0.4) is 0 Å². The van der Waals surface area contributed by atoms with Gasteiger partial charge in [0, 0.05) is 36.3 Å². The van der Waals surface area contributed by atoms with Crippen molar-refractivity contribution >= 4 is 11.4 Å². The second-order valence-electron chi connectivity index (χ2n) is 8.78. The van der Waals surface area contributed by atoms with Gasteiger partial charge < -0.3 is 29.5 Å². The van der Waals surface area contributed by atoms with E-state index in [0.717, 1.165) is 35.7 Å². The Morgan fingerprint density at radius 2 is 1.00 bits per heavy atom. The molecule has 176 valence electrons. The summed E-state index contributed by atoms with van der Waals surface area (Å²) in [4.78, 5) is 4.81. The molecule has 0 saturated carbocycles. The minimum absolute atomic E-state index is 0.169. The number of piperazine rings is 1. The number of hydrogen-bond donors (Lipinski definition) is 2. The maximum Gasteiger partial charge on any atom is 0.146 e. The van der Waals surface area contributed by atoms with Gasteiger partial charge in [-0.15, -0.1) is 0 Å². The highest BCUT2D eigenvalue weighted by molar-refractivity contribution is 5.67. The maximum absolute atomic E-state index is 10.0. The Bertz CT molecular complexity index is 814. The minimum atomic E-state index is 0.169. The molecule has 0 amide bonds. The van der Waals surface area contributed by atoms with Crippen molar-refractivity contribution in [3.8, 4) is 23.0 Å². The first-order chi connectivity index (χ1) is 15.3. The number of anilines is 2. The standard InChI is InChI=1S/C26H38N2O4/c1-7-13-31-25-15-21(29)9-11-23(25)27-17(3)19(5)28(20(6)18(27)4)24-12-10-22(30)16-26(24)32-14-8-2/h9-12,15-20,29-30H,7-8,13-14H2,1-6H3. The number of ether oxygens (including phenoxy) is 2. The average Bonchev–Trinajstić information content (AvgIpc) is 2.77. The number of hydrogen-bond acceptors (Lipinski definition) is 6. The van der Waals surface area contributed by atoms with Crippen LogP contribution in [0.5, 0.6) is 23.0 Å². The first-order valence-electron chi connectivity index (χ1n) is 11.8. The molecule has 0 spiro atoms. The lowest BCUT2D eigenvalue weighted by Crippen LogP contribution is -2.66. The van der Waals surface area contributed by atoms with Crippen LogP contribution in [-0.2, 0) is 0 Å². The summed E-state index contributed by atoms with van der Waals surface area (Å²) in [6.45, 7) is 14.3. The van der Waals surface area contributed by atoms with Crippen LogP contribution in [0.4, 0.5) is 11.4 Å². The van der Waals surface area contributed by atoms with Gasteiger partial charge in [0.2, 0.25) is 0 Å². The summed E-state index contributed by atoms with van der Waals surface area (Å²) in [6.07, 6.45) is 1.81. The summed E-state index contributed by atoms with van der Waals surface area (Å²) in [5.74, 6) is 1.86. The Morgan fingerprint density at radius 3 is 1.31 bits per heavy atom. The molecule has 1 heterocycles. The zero-order chi connectivity index (χ0) is 23.4. The smallest absolute Gasteiger partial charge is 0.146 e. The zero-order valence-electron chi connectivity index (χ0n) is 20.2. The monoisotopic (exact) mass is 442 g/mol. The first kappa shape index (κ1) is 23.9. The molecule has 0 radical (unpaired) electrons.